The number of likely N-dealkylation sites (tertiary alicyclic amines) is 1. The van der Waals surface area contributed by atoms with Crippen LogP contribution in [-0.4, -0.2) is 38.6 Å². The van der Waals surface area contributed by atoms with E-state index in [1.165, 1.54) is 13.0 Å². The van der Waals surface area contributed by atoms with E-state index in [1.807, 2.05) is 4.68 Å². The van der Waals surface area contributed by atoms with E-state index in [1.54, 1.807) is 6.33 Å². The Hall–Kier alpha value is -0.610. The van der Waals surface area contributed by atoms with Crippen LogP contribution in [0, 0.1) is 5.92 Å². The second kappa shape index (κ2) is 6.36. The topological polar surface area (TPSA) is 34.0 Å². The van der Waals surface area contributed by atoms with E-state index in [4.69, 9.17) is 11.6 Å². The van der Waals surface area contributed by atoms with Gasteiger partial charge in [-0.2, -0.15) is 5.10 Å². The highest BCUT2D eigenvalue weighted by molar-refractivity contribution is 6.17. The molecule has 4 nitrogen and oxygen atoms in total. The molecule has 0 bridgehead atoms. The van der Waals surface area contributed by atoms with Gasteiger partial charge in [-0.3, -0.25) is 4.90 Å². The molecule has 2 heterocycles. The van der Waals surface area contributed by atoms with Crippen molar-refractivity contribution in [2.24, 2.45) is 5.92 Å². The Balaban J connectivity index is 1.86. The molecule has 96 valence electrons. The van der Waals surface area contributed by atoms with Crippen LogP contribution in [0.1, 0.15) is 32.0 Å². The molecular weight excluding hydrogens is 236 g/mol. The maximum atomic E-state index is 5.79. The molecule has 1 atom stereocenters. The first kappa shape index (κ1) is 12.8. The fourth-order valence-corrected chi connectivity index (χ4v) is 2.76. The number of aromatic nitrogens is 3. The van der Waals surface area contributed by atoms with Crippen LogP contribution in [0.5, 0.6) is 0 Å². The molecule has 1 aromatic rings. The molecule has 5 heteroatoms. The summed E-state index contributed by atoms with van der Waals surface area (Å²) in [4.78, 5) is 6.82. The summed E-state index contributed by atoms with van der Waals surface area (Å²) < 4.78 is 2.02. The third-order valence-corrected chi connectivity index (χ3v) is 3.60. The minimum absolute atomic E-state index is 0.773. The second-order valence-corrected chi connectivity index (χ2v) is 5.14. The highest BCUT2D eigenvalue weighted by atomic mass is 35.5. The molecule has 1 fully saturated rings. The molecule has 17 heavy (non-hydrogen) atoms. The molecule has 0 aromatic carbocycles. The SMILES string of the molecule is CCCn1ncnc1CN1CCC(CCCl)C1. The summed E-state index contributed by atoms with van der Waals surface area (Å²) in [6, 6.07) is 0. The number of rotatable bonds is 6. The van der Waals surface area contributed by atoms with Gasteiger partial charge in [0.1, 0.15) is 12.2 Å². The van der Waals surface area contributed by atoms with Crippen LogP contribution >= 0.6 is 11.6 Å². The number of nitrogens with zero attached hydrogens (tertiary/aromatic N) is 4. The Morgan fingerprint density at radius 1 is 1.53 bits per heavy atom. The van der Waals surface area contributed by atoms with E-state index >= 15 is 0 Å². The van der Waals surface area contributed by atoms with Gasteiger partial charge in [0.05, 0.1) is 6.54 Å². The Kier molecular flexibility index (Phi) is 4.80. The quantitative estimate of drug-likeness (QED) is 0.732. The predicted molar refractivity (Wildman–Crippen MR) is 69.0 cm³/mol. The zero-order valence-electron chi connectivity index (χ0n) is 10.5. The Morgan fingerprint density at radius 3 is 3.18 bits per heavy atom. The van der Waals surface area contributed by atoms with Crippen molar-refractivity contribution in [1.29, 1.82) is 0 Å². The monoisotopic (exact) mass is 256 g/mol. The Labute approximate surface area is 108 Å². The maximum Gasteiger partial charge on any atom is 0.141 e. The first-order valence-electron chi connectivity index (χ1n) is 6.48. The lowest BCUT2D eigenvalue weighted by atomic mass is 10.1. The molecule has 0 radical (unpaired) electrons. The minimum Gasteiger partial charge on any atom is -0.296 e. The molecule has 1 aliphatic heterocycles. The van der Waals surface area contributed by atoms with Crippen LogP contribution in [0.4, 0.5) is 0 Å². The third kappa shape index (κ3) is 3.42. The molecule has 0 saturated carbocycles. The van der Waals surface area contributed by atoms with Gasteiger partial charge in [-0.1, -0.05) is 6.92 Å². The summed E-state index contributed by atoms with van der Waals surface area (Å²) >= 11 is 5.79. The van der Waals surface area contributed by atoms with E-state index in [-0.39, 0.29) is 0 Å². The van der Waals surface area contributed by atoms with Crippen molar-refractivity contribution in [3.05, 3.63) is 12.2 Å². The summed E-state index contributed by atoms with van der Waals surface area (Å²) in [5.41, 5.74) is 0. The van der Waals surface area contributed by atoms with Gasteiger partial charge < -0.3 is 0 Å². The molecule has 1 saturated heterocycles. The second-order valence-electron chi connectivity index (χ2n) is 4.77. The molecule has 0 N–H and O–H groups in total. The van der Waals surface area contributed by atoms with Crippen LogP contribution in [0.3, 0.4) is 0 Å². The number of halogens is 1. The molecule has 2 rings (SSSR count). The molecule has 1 aliphatic rings. The summed E-state index contributed by atoms with van der Waals surface area (Å²) in [5.74, 6) is 2.65. The fourth-order valence-electron chi connectivity index (χ4n) is 2.46. The lowest BCUT2D eigenvalue weighted by Gasteiger charge is -2.15. The van der Waals surface area contributed by atoms with Crippen LogP contribution < -0.4 is 0 Å². The van der Waals surface area contributed by atoms with Crippen LogP contribution in [0.2, 0.25) is 0 Å². The zero-order chi connectivity index (χ0) is 12.1. The highest BCUT2D eigenvalue weighted by Crippen LogP contribution is 2.21. The minimum atomic E-state index is 0.773. The smallest absolute Gasteiger partial charge is 0.141 e. The van der Waals surface area contributed by atoms with Gasteiger partial charge >= 0.3 is 0 Å². The van der Waals surface area contributed by atoms with Gasteiger partial charge in [0.15, 0.2) is 0 Å². The van der Waals surface area contributed by atoms with E-state index in [0.29, 0.717) is 0 Å². The number of hydrogen-bond donors (Lipinski definition) is 0. The van der Waals surface area contributed by atoms with E-state index in [2.05, 4.69) is 21.9 Å². The highest BCUT2D eigenvalue weighted by Gasteiger charge is 2.23. The first-order chi connectivity index (χ1) is 8.33. The average Bonchev–Trinajstić information content (AvgIpc) is 2.91. The lowest BCUT2D eigenvalue weighted by molar-refractivity contribution is 0.299. The lowest BCUT2D eigenvalue weighted by Crippen LogP contribution is -2.23. The van der Waals surface area contributed by atoms with Crippen molar-refractivity contribution in [1.82, 2.24) is 19.7 Å². The standard InChI is InChI=1S/C12H21ClN4/c1-2-6-17-12(14-10-15-17)9-16-7-4-11(8-16)3-5-13/h10-11H,2-9H2,1H3. The van der Waals surface area contributed by atoms with Gasteiger partial charge in [0, 0.05) is 19.0 Å². The van der Waals surface area contributed by atoms with E-state index in [9.17, 15) is 0 Å². The Bertz CT molecular complexity index is 339. The summed E-state index contributed by atoms with van der Waals surface area (Å²) in [7, 11) is 0. The summed E-state index contributed by atoms with van der Waals surface area (Å²) in [6.45, 7) is 6.39. The number of alkyl halides is 1. The van der Waals surface area contributed by atoms with Crippen molar-refractivity contribution < 1.29 is 0 Å². The average molecular weight is 257 g/mol. The molecule has 1 unspecified atom stereocenters. The van der Waals surface area contributed by atoms with Crippen molar-refractivity contribution in [2.75, 3.05) is 19.0 Å². The Morgan fingerprint density at radius 2 is 2.41 bits per heavy atom. The molecule has 0 amide bonds. The zero-order valence-corrected chi connectivity index (χ0v) is 11.2. The van der Waals surface area contributed by atoms with Crippen LogP contribution in [0.15, 0.2) is 6.33 Å². The molecule has 1 aromatic heterocycles. The maximum absolute atomic E-state index is 5.79. The van der Waals surface area contributed by atoms with Crippen molar-refractivity contribution in [3.8, 4) is 0 Å². The summed E-state index contributed by atoms with van der Waals surface area (Å²) in [5, 5.41) is 4.26. The van der Waals surface area contributed by atoms with Gasteiger partial charge in [-0.15, -0.1) is 11.6 Å². The molecule has 0 spiro atoms. The van der Waals surface area contributed by atoms with Gasteiger partial charge in [-0.05, 0) is 31.7 Å². The number of hydrogen-bond acceptors (Lipinski definition) is 3. The van der Waals surface area contributed by atoms with Crippen molar-refractivity contribution >= 4 is 11.6 Å². The van der Waals surface area contributed by atoms with Crippen molar-refractivity contribution in [2.45, 2.75) is 39.3 Å². The van der Waals surface area contributed by atoms with Crippen LogP contribution in [-0.2, 0) is 13.1 Å². The first-order valence-corrected chi connectivity index (χ1v) is 7.02. The molecular formula is C12H21ClN4. The number of aryl methyl sites for hydroxylation is 1. The van der Waals surface area contributed by atoms with E-state index < -0.39 is 0 Å². The van der Waals surface area contributed by atoms with Crippen LogP contribution in [0.25, 0.3) is 0 Å². The van der Waals surface area contributed by atoms with Gasteiger partial charge in [-0.25, -0.2) is 9.67 Å². The molecule has 0 aliphatic carbocycles. The fraction of sp³-hybridized carbons (Fsp3) is 0.833. The van der Waals surface area contributed by atoms with E-state index in [0.717, 1.165) is 50.1 Å². The third-order valence-electron chi connectivity index (χ3n) is 3.38. The summed E-state index contributed by atoms with van der Waals surface area (Å²) in [6.07, 6.45) is 5.18. The predicted octanol–water partition coefficient (Wildman–Crippen LogP) is 2.14. The largest absolute Gasteiger partial charge is 0.296 e. The van der Waals surface area contributed by atoms with Gasteiger partial charge in [0.2, 0.25) is 0 Å². The van der Waals surface area contributed by atoms with Crippen molar-refractivity contribution in [3.63, 3.8) is 0 Å². The normalized spacial score (nSPS) is 21.2. The van der Waals surface area contributed by atoms with Gasteiger partial charge in [0.25, 0.3) is 0 Å².